The van der Waals surface area contributed by atoms with Crippen LogP contribution in [0.4, 0.5) is 0 Å². The van der Waals surface area contributed by atoms with Gasteiger partial charge in [0.25, 0.3) is 5.91 Å². The fourth-order valence-electron chi connectivity index (χ4n) is 3.16. The van der Waals surface area contributed by atoms with E-state index >= 15 is 0 Å². The number of aromatic nitrogens is 3. The second-order valence-corrected chi connectivity index (χ2v) is 7.65. The summed E-state index contributed by atoms with van der Waals surface area (Å²) in [5.41, 5.74) is 3.05. The smallest absolute Gasteiger partial charge is 0.253 e. The van der Waals surface area contributed by atoms with Gasteiger partial charge in [0.15, 0.2) is 5.65 Å². The third-order valence-electron chi connectivity index (χ3n) is 4.57. The molecule has 6 heteroatoms. The normalized spacial score (nSPS) is 12.6. The number of carbonyl (C=O) groups excluding carboxylic acids is 1. The Morgan fingerprint density at radius 3 is 2.57 bits per heavy atom. The van der Waals surface area contributed by atoms with E-state index < -0.39 is 0 Å². The highest BCUT2D eigenvalue weighted by Crippen LogP contribution is 2.22. The summed E-state index contributed by atoms with van der Waals surface area (Å²) in [6.45, 7) is 11.9. The Hall–Kier alpha value is -2.89. The fraction of sp³-hybridized carbons (Fsp3) is 0.409. The number of fused-ring (bicyclic) bond motifs is 1. The van der Waals surface area contributed by atoms with Crippen LogP contribution < -0.4 is 10.1 Å². The van der Waals surface area contributed by atoms with Gasteiger partial charge in [-0.15, -0.1) is 0 Å². The van der Waals surface area contributed by atoms with Gasteiger partial charge in [-0.1, -0.05) is 12.1 Å². The SMILES string of the molecule is Cc1nc2c(cnn2C(C)C)cc1C(=O)NC(C)c1cccc(OC(C)C)c1. The van der Waals surface area contributed by atoms with Gasteiger partial charge in [-0.05, 0) is 65.3 Å². The predicted molar refractivity (Wildman–Crippen MR) is 111 cm³/mol. The number of carbonyl (C=O) groups is 1. The van der Waals surface area contributed by atoms with Crippen molar-refractivity contribution in [2.45, 2.75) is 59.7 Å². The lowest BCUT2D eigenvalue weighted by Gasteiger charge is -2.17. The molecule has 148 valence electrons. The second-order valence-electron chi connectivity index (χ2n) is 7.65. The predicted octanol–water partition coefficient (Wildman–Crippen LogP) is 4.60. The van der Waals surface area contributed by atoms with Crippen LogP contribution in [0, 0.1) is 6.92 Å². The minimum Gasteiger partial charge on any atom is -0.491 e. The van der Waals surface area contributed by atoms with Crippen LogP contribution >= 0.6 is 0 Å². The van der Waals surface area contributed by atoms with Gasteiger partial charge in [-0.3, -0.25) is 4.79 Å². The van der Waals surface area contributed by atoms with Crippen molar-refractivity contribution in [3.63, 3.8) is 0 Å². The zero-order valence-electron chi connectivity index (χ0n) is 17.4. The Balaban J connectivity index is 1.82. The lowest BCUT2D eigenvalue weighted by molar-refractivity contribution is 0.0939. The van der Waals surface area contributed by atoms with Crippen LogP contribution in [0.5, 0.6) is 5.75 Å². The van der Waals surface area contributed by atoms with E-state index in [0.717, 1.165) is 22.3 Å². The molecular formula is C22H28N4O2. The maximum atomic E-state index is 12.9. The highest BCUT2D eigenvalue weighted by molar-refractivity contribution is 5.98. The Labute approximate surface area is 165 Å². The summed E-state index contributed by atoms with van der Waals surface area (Å²) in [5.74, 6) is 0.654. The number of rotatable bonds is 6. The number of nitrogens with zero attached hydrogens (tertiary/aromatic N) is 3. The summed E-state index contributed by atoms with van der Waals surface area (Å²) < 4.78 is 7.62. The number of aryl methyl sites for hydroxylation is 1. The zero-order chi connectivity index (χ0) is 20.4. The molecule has 3 aromatic rings. The highest BCUT2D eigenvalue weighted by atomic mass is 16.5. The van der Waals surface area contributed by atoms with E-state index in [1.54, 1.807) is 6.20 Å². The summed E-state index contributed by atoms with van der Waals surface area (Å²) in [7, 11) is 0. The van der Waals surface area contributed by atoms with Crippen LogP contribution in [-0.4, -0.2) is 26.8 Å². The first-order chi connectivity index (χ1) is 13.3. The molecule has 2 aromatic heterocycles. The number of ether oxygens (including phenoxy) is 1. The number of hydrogen-bond donors (Lipinski definition) is 1. The third kappa shape index (κ3) is 4.16. The highest BCUT2D eigenvalue weighted by Gasteiger charge is 2.17. The fourth-order valence-corrected chi connectivity index (χ4v) is 3.16. The molecule has 28 heavy (non-hydrogen) atoms. The van der Waals surface area contributed by atoms with Crippen molar-refractivity contribution in [1.29, 1.82) is 0 Å². The molecule has 0 aliphatic rings. The Morgan fingerprint density at radius 2 is 1.89 bits per heavy atom. The van der Waals surface area contributed by atoms with Gasteiger partial charge >= 0.3 is 0 Å². The average Bonchev–Trinajstić information content (AvgIpc) is 3.03. The minimum absolute atomic E-state index is 0.104. The molecule has 1 aromatic carbocycles. The molecule has 0 spiro atoms. The molecule has 0 aliphatic carbocycles. The Kier molecular flexibility index (Phi) is 5.68. The lowest BCUT2D eigenvalue weighted by Crippen LogP contribution is -2.27. The van der Waals surface area contributed by atoms with E-state index in [-0.39, 0.29) is 24.1 Å². The van der Waals surface area contributed by atoms with Crippen molar-refractivity contribution in [1.82, 2.24) is 20.1 Å². The third-order valence-corrected chi connectivity index (χ3v) is 4.57. The summed E-state index contributed by atoms with van der Waals surface area (Å²) in [6.07, 6.45) is 1.86. The largest absolute Gasteiger partial charge is 0.491 e. The molecule has 0 aliphatic heterocycles. The number of nitrogens with one attached hydrogen (secondary N) is 1. The van der Waals surface area contributed by atoms with Crippen LogP contribution in [0.1, 0.15) is 68.3 Å². The van der Waals surface area contributed by atoms with Crippen LogP contribution in [-0.2, 0) is 0 Å². The van der Waals surface area contributed by atoms with E-state index in [2.05, 4.69) is 29.2 Å². The molecule has 0 saturated heterocycles. The quantitative estimate of drug-likeness (QED) is 0.679. The van der Waals surface area contributed by atoms with E-state index in [4.69, 9.17) is 4.74 Å². The monoisotopic (exact) mass is 380 g/mol. The van der Waals surface area contributed by atoms with E-state index in [9.17, 15) is 4.79 Å². The molecule has 0 fully saturated rings. The number of pyridine rings is 1. The maximum Gasteiger partial charge on any atom is 0.253 e. The standard InChI is InChI=1S/C22H28N4O2/c1-13(2)26-21-18(12-23-26)11-20(16(6)24-21)22(27)25-15(5)17-8-7-9-19(10-17)28-14(3)4/h7-15H,1-6H3,(H,25,27). The van der Waals surface area contributed by atoms with Crippen LogP contribution in [0.25, 0.3) is 11.0 Å². The van der Waals surface area contributed by atoms with E-state index in [0.29, 0.717) is 11.3 Å². The number of hydrogen-bond acceptors (Lipinski definition) is 4. The van der Waals surface area contributed by atoms with Gasteiger partial charge in [0.2, 0.25) is 0 Å². The van der Waals surface area contributed by atoms with Crippen molar-refractivity contribution in [3.05, 3.63) is 53.3 Å². The second kappa shape index (κ2) is 8.00. The van der Waals surface area contributed by atoms with Crippen LogP contribution in [0.2, 0.25) is 0 Å². The Morgan fingerprint density at radius 1 is 1.14 bits per heavy atom. The molecular weight excluding hydrogens is 352 g/mol. The minimum atomic E-state index is -0.156. The van der Waals surface area contributed by atoms with Crippen LogP contribution in [0.3, 0.4) is 0 Å². The topological polar surface area (TPSA) is 69.0 Å². The number of amides is 1. The summed E-state index contributed by atoms with van der Waals surface area (Å²) in [6, 6.07) is 9.73. The summed E-state index contributed by atoms with van der Waals surface area (Å²) in [5, 5.41) is 8.32. The van der Waals surface area contributed by atoms with Crippen LogP contribution in [0.15, 0.2) is 36.5 Å². The van der Waals surface area contributed by atoms with Gasteiger partial charge in [0.1, 0.15) is 5.75 Å². The average molecular weight is 380 g/mol. The van der Waals surface area contributed by atoms with E-state index in [1.165, 1.54) is 0 Å². The molecule has 0 bridgehead atoms. The molecule has 6 nitrogen and oxygen atoms in total. The van der Waals surface area contributed by atoms with Gasteiger partial charge in [-0.2, -0.15) is 5.10 Å². The first-order valence-electron chi connectivity index (χ1n) is 9.68. The van der Waals surface area contributed by atoms with Crippen molar-refractivity contribution in [2.24, 2.45) is 0 Å². The first kappa shape index (κ1) is 19.9. The van der Waals surface area contributed by atoms with Gasteiger partial charge < -0.3 is 10.1 Å². The molecule has 1 N–H and O–H groups in total. The van der Waals surface area contributed by atoms with Crippen molar-refractivity contribution >= 4 is 16.9 Å². The molecule has 3 rings (SSSR count). The molecule has 1 amide bonds. The van der Waals surface area contributed by atoms with Gasteiger partial charge in [-0.25, -0.2) is 9.67 Å². The van der Waals surface area contributed by atoms with Crippen molar-refractivity contribution < 1.29 is 9.53 Å². The molecule has 1 atom stereocenters. The summed E-state index contributed by atoms with van der Waals surface area (Å²) in [4.78, 5) is 17.5. The van der Waals surface area contributed by atoms with Gasteiger partial charge in [0, 0.05) is 11.4 Å². The molecule has 0 radical (unpaired) electrons. The molecule has 1 unspecified atom stereocenters. The first-order valence-corrected chi connectivity index (χ1v) is 9.68. The zero-order valence-corrected chi connectivity index (χ0v) is 17.4. The van der Waals surface area contributed by atoms with Gasteiger partial charge in [0.05, 0.1) is 29.6 Å². The maximum absolute atomic E-state index is 12.9. The van der Waals surface area contributed by atoms with Crippen molar-refractivity contribution in [2.75, 3.05) is 0 Å². The molecule has 2 heterocycles. The lowest BCUT2D eigenvalue weighted by atomic mass is 10.1. The molecule has 0 saturated carbocycles. The Bertz CT molecular complexity index is 991. The van der Waals surface area contributed by atoms with E-state index in [1.807, 2.05) is 62.7 Å². The summed E-state index contributed by atoms with van der Waals surface area (Å²) >= 11 is 0. The van der Waals surface area contributed by atoms with Crippen molar-refractivity contribution in [3.8, 4) is 5.75 Å². The number of benzene rings is 1.